The van der Waals surface area contributed by atoms with Gasteiger partial charge in [0.25, 0.3) is 0 Å². The van der Waals surface area contributed by atoms with Crippen LogP contribution in [0.25, 0.3) is 5.57 Å². The predicted molar refractivity (Wildman–Crippen MR) is 121 cm³/mol. The largest absolute Gasteiger partial charge is 0.290 e. The lowest BCUT2D eigenvalue weighted by atomic mass is 10.0. The van der Waals surface area contributed by atoms with Crippen LogP contribution >= 0.6 is 0 Å². The van der Waals surface area contributed by atoms with Gasteiger partial charge in [0.1, 0.15) is 5.82 Å². The number of amides is 1. The van der Waals surface area contributed by atoms with E-state index in [4.69, 9.17) is 0 Å². The second kappa shape index (κ2) is 8.44. The van der Waals surface area contributed by atoms with Gasteiger partial charge in [0.15, 0.2) is 0 Å². The number of aryl methyl sites for hydroxylation is 2. The summed E-state index contributed by atoms with van der Waals surface area (Å²) < 4.78 is 13.5. The third-order valence-corrected chi connectivity index (χ3v) is 6.11. The average molecular weight is 413 g/mol. The molecule has 4 nitrogen and oxygen atoms in total. The average Bonchev–Trinajstić information content (AvgIpc) is 2.96. The number of carbonyl (C=O) groups excluding carboxylic acids is 1. The number of para-hydroxylation sites is 2. The topological polar surface area (TPSA) is 36.4 Å². The van der Waals surface area contributed by atoms with Gasteiger partial charge in [0.05, 0.1) is 24.1 Å². The predicted octanol–water partition coefficient (Wildman–Crippen LogP) is 4.77. The van der Waals surface area contributed by atoms with Gasteiger partial charge in [-0.15, -0.1) is 0 Å². The van der Waals surface area contributed by atoms with Gasteiger partial charge < -0.3 is 0 Å². The molecular formula is C26H24FN3O. The van der Waals surface area contributed by atoms with E-state index in [1.807, 2.05) is 41.3 Å². The summed E-state index contributed by atoms with van der Waals surface area (Å²) in [6.45, 7) is 1.76. The van der Waals surface area contributed by atoms with Crippen LogP contribution in [0.1, 0.15) is 23.1 Å². The zero-order valence-electron chi connectivity index (χ0n) is 17.3. The maximum atomic E-state index is 13.5. The van der Waals surface area contributed by atoms with Crippen LogP contribution in [-0.2, 0) is 17.6 Å². The van der Waals surface area contributed by atoms with E-state index in [1.54, 1.807) is 6.20 Å². The fraction of sp³-hybridized carbons (Fsp3) is 0.231. The molecule has 2 aliphatic rings. The third-order valence-electron chi connectivity index (χ3n) is 6.11. The molecule has 3 heterocycles. The van der Waals surface area contributed by atoms with Crippen molar-refractivity contribution in [3.63, 3.8) is 0 Å². The molecule has 1 amide bonds. The van der Waals surface area contributed by atoms with Crippen LogP contribution in [0.3, 0.4) is 0 Å². The molecule has 0 saturated heterocycles. The van der Waals surface area contributed by atoms with E-state index >= 15 is 0 Å². The Balaban J connectivity index is 1.38. The van der Waals surface area contributed by atoms with E-state index in [0.717, 1.165) is 48.3 Å². The highest BCUT2D eigenvalue weighted by molar-refractivity contribution is 6.03. The van der Waals surface area contributed by atoms with Gasteiger partial charge in [0, 0.05) is 19.3 Å². The number of benzene rings is 2. The molecule has 0 atom stereocenters. The number of hydrogen-bond donors (Lipinski definition) is 0. The first-order chi connectivity index (χ1) is 15.2. The maximum absolute atomic E-state index is 13.5. The second-order valence-corrected chi connectivity index (χ2v) is 8.09. The minimum absolute atomic E-state index is 0.0751. The number of hydrogen-bond acceptors (Lipinski definition) is 3. The molecule has 5 heteroatoms. The molecular weight excluding hydrogens is 389 g/mol. The van der Waals surface area contributed by atoms with Crippen LogP contribution in [0, 0.1) is 5.82 Å². The third kappa shape index (κ3) is 4.01. The Bertz CT molecular complexity index is 1110. The van der Waals surface area contributed by atoms with Crippen molar-refractivity contribution in [2.45, 2.75) is 19.3 Å². The first-order valence-corrected chi connectivity index (χ1v) is 10.7. The minimum Gasteiger partial charge on any atom is -0.290 e. The molecule has 0 radical (unpaired) electrons. The van der Waals surface area contributed by atoms with Crippen molar-refractivity contribution < 1.29 is 9.18 Å². The van der Waals surface area contributed by atoms with Gasteiger partial charge in [-0.05, 0) is 59.7 Å². The summed E-state index contributed by atoms with van der Waals surface area (Å²) in [6, 6.07) is 17.9. The van der Waals surface area contributed by atoms with Crippen molar-refractivity contribution in [1.29, 1.82) is 0 Å². The summed E-state index contributed by atoms with van der Waals surface area (Å²) >= 11 is 0. The number of fused-ring (bicyclic) bond motifs is 2. The van der Waals surface area contributed by atoms with Crippen molar-refractivity contribution in [2.24, 2.45) is 0 Å². The standard InChI is InChI=1S/C26H24FN3O/c27-23-15-22(16-28-17-23)19-11-13-29(14-12-19)18-26(31)30-24-7-3-1-5-20(24)9-10-21-6-2-4-8-25(21)30/h1-8,11,15-17H,9-10,12-14,18H2. The second-order valence-electron chi connectivity index (χ2n) is 8.09. The zero-order valence-corrected chi connectivity index (χ0v) is 17.3. The van der Waals surface area contributed by atoms with Crippen LogP contribution < -0.4 is 4.90 Å². The molecule has 0 spiro atoms. The fourth-order valence-corrected chi connectivity index (χ4v) is 4.52. The van der Waals surface area contributed by atoms with E-state index in [0.29, 0.717) is 13.1 Å². The van der Waals surface area contributed by atoms with Crippen LogP contribution in [0.2, 0.25) is 0 Å². The first kappa shape index (κ1) is 19.6. The first-order valence-electron chi connectivity index (χ1n) is 10.7. The van der Waals surface area contributed by atoms with Gasteiger partial charge in [-0.25, -0.2) is 4.39 Å². The molecule has 0 unspecified atom stereocenters. The highest BCUT2D eigenvalue weighted by atomic mass is 19.1. The number of aromatic nitrogens is 1. The van der Waals surface area contributed by atoms with Crippen LogP contribution in [0.15, 0.2) is 73.1 Å². The zero-order chi connectivity index (χ0) is 21.2. The van der Waals surface area contributed by atoms with E-state index < -0.39 is 0 Å². The maximum Gasteiger partial charge on any atom is 0.245 e. The Labute approximate surface area is 181 Å². The summed E-state index contributed by atoms with van der Waals surface area (Å²) in [5.41, 5.74) is 6.27. The normalized spacial score (nSPS) is 16.2. The molecule has 156 valence electrons. The number of carbonyl (C=O) groups is 1. The summed E-state index contributed by atoms with van der Waals surface area (Å²) in [7, 11) is 0. The number of nitrogens with zero attached hydrogens (tertiary/aromatic N) is 3. The van der Waals surface area contributed by atoms with Gasteiger partial charge in [-0.2, -0.15) is 0 Å². The van der Waals surface area contributed by atoms with Gasteiger partial charge in [-0.3, -0.25) is 19.6 Å². The van der Waals surface area contributed by atoms with E-state index in [1.165, 1.54) is 23.4 Å². The smallest absolute Gasteiger partial charge is 0.245 e. The van der Waals surface area contributed by atoms with E-state index in [9.17, 15) is 9.18 Å². The van der Waals surface area contributed by atoms with Gasteiger partial charge in [0.2, 0.25) is 5.91 Å². The molecule has 5 rings (SSSR count). The summed E-state index contributed by atoms with van der Waals surface area (Å²) in [5.74, 6) is -0.249. The molecule has 0 N–H and O–H groups in total. The molecule has 0 bridgehead atoms. The molecule has 2 aromatic carbocycles. The summed E-state index contributed by atoms with van der Waals surface area (Å²) in [4.78, 5) is 21.5. The van der Waals surface area contributed by atoms with Gasteiger partial charge >= 0.3 is 0 Å². The number of rotatable bonds is 3. The van der Waals surface area contributed by atoms with E-state index in [-0.39, 0.29) is 11.7 Å². The molecule has 0 fully saturated rings. The number of anilines is 2. The Kier molecular flexibility index (Phi) is 5.35. The quantitative estimate of drug-likeness (QED) is 0.620. The SMILES string of the molecule is O=C(CN1CC=C(c2cncc(F)c2)CC1)N1c2ccccc2CCc2ccccc21. The minimum atomic E-state index is -0.325. The van der Waals surface area contributed by atoms with Crippen molar-refractivity contribution in [3.05, 3.63) is 95.6 Å². The monoisotopic (exact) mass is 413 g/mol. The molecule has 31 heavy (non-hydrogen) atoms. The lowest BCUT2D eigenvalue weighted by molar-refractivity contribution is -0.118. The Morgan fingerprint density at radius 2 is 1.61 bits per heavy atom. The fourth-order valence-electron chi connectivity index (χ4n) is 4.52. The van der Waals surface area contributed by atoms with E-state index in [2.05, 4.69) is 28.1 Å². The van der Waals surface area contributed by atoms with Gasteiger partial charge in [-0.1, -0.05) is 42.5 Å². The molecule has 0 saturated carbocycles. The Morgan fingerprint density at radius 1 is 0.935 bits per heavy atom. The summed E-state index contributed by atoms with van der Waals surface area (Å²) in [6.07, 6.45) is 7.61. The Morgan fingerprint density at radius 3 is 2.23 bits per heavy atom. The highest BCUT2D eigenvalue weighted by Gasteiger charge is 2.27. The van der Waals surface area contributed by atoms with Crippen molar-refractivity contribution in [2.75, 3.05) is 24.5 Å². The van der Waals surface area contributed by atoms with Crippen LogP contribution in [-0.4, -0.2) is 35.4 Å². The summed E-state index contributed by atoms with van der Waals surface area (Å²) in [5, 5.41) is 0. The van der Waals surface area contributed by atoms with Crippen molar-refractivity contribution in [3.8, 4) is 0 Å². The number of pyridine rings is 1. The van der Waals surface area contributed by atoms with Crippen LogP contribution in [0.4, 0.5) is 15.8 Å². The molecule has 0 aliphatic carbocycles. The Hall–Kier alpha value is -3.31. The highest BCUT2D eigenvalue weighted by Crippen LogP contribution is 2.36. The lowest BCUT2D eigenvalue weighted by Gasteiger charge is -2.30. The van der Waals surface area contributed by atoms with Crippen molar-refractivity contribution in [1.82, 2.24) is 9.88 Å². The van der Waals surface area contributed by atoms with Crippen LogP contribution in [0.5, 0.6) is 0 Å². The number of halogens is 1. The lowest BCUT2D eigenvalue weighted by Crippen LogP contribution is -2.40. The molecule has 3 aromatic rings. The van der Waals surface area contributed by atoms with Crippen molar-refractivity contribution >= 4 is 22.9 Å². The molecule has 2 aliphatic heterocycles. The molecule has 1 aromatic heterocycles.